The lowest BCUT2D eigenvalue weighted by Crippen LogP contribution is -2.12. The van der Waals surface area contributed by atoms with Crippen LogP contribution in [0.1, 0.15) is 34.4 Å². The van der Waals surface area contributed by atoms with Gasteiger partial charge in [-0.1, -0.05) is 34.5 Å². The van der Waals surface area contributed by atoms with Crippen LogP contribution < -0.4 is 5.32 Å². The van der Waals surface area contributed by atoms with E-state index in [0.717, 1.165) is 18.7 Å². The minimum absolute atomic E-state index is 0.310. The van der Waals surface area contributed by atoms with Crippen LogP contribution in [0.2, 0.25) is 10.0 Å². The van der Waals surface area contributed by atoms with E-state index < -0.39 is 0 Å². The minimum atomic E-state index is -0.310. The van der Waals surface area contributed by atoms with Crippen LogP contribution >= 0.6 is 34.5 Å². The molecule has 0 bridgehead atoms. The van der Waals surface area contributed by atoms with Crippen molar-refractivity contribution in [2.45, 2.75) is 18.8 Å². The lowest BCUT2D eigenvalue weighted by atomic mass is 10.3. The van der Waals surface area contributed by atoms with E-state index in [1.807, 2.05) is 0 Å². The number of nitrogens with one attached hydrogen (secondary N) is 1. The van der Waals surface area contributed by atoms with Crippen LogP contribution in [0.25, 0.3) is 4.96 Å². The molecular weight excluding hydrogens is 345 g/mol. The van der Waals surface area contributed by atoms with Crippen LogP contribution in [0.3, 0.4) is 0 Å². The fourth-order valence-corrected chi connectivity index (χ4v) is 3.12. The van der Waals surface area contributed by atoms with Gasteiger partial charge in [0.25, 0.3) is 5.91 Å². The number of hydrogen-bond donors (Lipinski definition) is 1. The van der Waals surface area contributed by atoms with Gasteiger partial charge >= 0.3 is 0 Å². The number of aromatic nitrogens is 4. The number of amides is 1. The minimum Gasteiger partial charge on any atom is -0.320 e. The van der Waals surface area contributed by atoms with Crippen LogP contribution in [0, 0.1) is 0 Å². The monoisotopic (exact) mass is 353 g/mol. The molecule has 0 radical (unpaired) electrons. The number of fused-ring (bicyclic) bond motifs is 1. The molecule has 0 aliphatic heterocycles. The van der Waals surface area contributed by atoms with Crippen LogP contribution in [-0.4, -0.2) is 25.7 Å². The third kappa shape index (κ3) is 2.45. The quantitative estimate of drug-likeness (QED) is 0.780. The average molecular weight is 354 g/mol. The molecule has 1 aromatic carbocycles. The smallest absolute Gasteiger partial charge is 0.286 e. The molecule has 22 heavy (non-hydrogen) atoms. The summed E-state index contributed by atoms with van der Waals surface area (Å²) in [7, 11) is 0. The van der Waals surface area contributed by atoms with Crippen molar-refractivity contribution in [1.29, 1.82) is 0 Å². The Bertz CT molecular complexity index is 886. The molecule has 0 atom stereocenters. The van der Waals surface area contributed by atoms with Gasteiger partial charge in [0.15, 0.2) is 5.82 Å². The second kappa shape index (κ2) is 5.19. The van der Waals surface area contributed by atoms with E-state index >= 15 is 0 Å². The molecule has 112 valence electrons. The lowest BCUT2D eigenvalue weighted by molar-refractivity contribution is 0.102. The number of halogens is 2. The molecule has 1 aliphatic carbocycles. The normalized spacial score (nSPS) is 14.5. The molecule has 1 N–H and O–H groups in total. The van der Waals surface area contributed by atoms with Crippen LogP contribution in [-0.2, 0) is 0 Å². The van der Waals surface area contributed by atoms with E-state index in [1.165, 1.54) is 11.3 Å². The summed E-state index contributed by atoms with van der Waals surface area (Å²) in [5.41, 5.74) is 0.563. The molecule has 1 fully saturated rings. The fraction of sp³-hybridized carbons (Fsp3) is 0.231. The summed E-state index contributed by atoms with van der Waals surface area (Å²) in [6.45, 7) is 0. The molecule has 6 nitrogen and oxygen atoms in total. The van der Waals surface area contributed by atoms with E-state index in [4.69, 9.17) is 23.2 Å². The first kappa shape index (κ1) is 13.9. The largest absolute Gasteiger partial charge is 0.320 e. The van der Waals surface area contributed by atoms with E-state index in [0.29, 0.717) is 31.6 Å². The third-order valence-corrected chi connectivity index (χ3v) is 4.97. The zero-order valence-corrected chi connectivity index (χ0v) is 13.4. The Morgan fingerprint density at radius 3 is 2.82 bits per heavy atom. The first-order valence-electron chi connectivity index (χ1n) is 6.60. The van der Waals surface area contributed by atoms with Gasteiger partial charge in [-0.15, -0.1) is 15.3 Å². The molecule has 2 aromatic heterocycles. The third-order valence-electron chi connectivity index (χ3n) is 3.33. The highest BCUT2D eigenvalue weighted by Crippen LogP contribution is 2.39. The Kier molecular flexibility index (Phi) is 3.28. The molecule has 0 unspecified atom stereocenters. The van der Waals surface area contributed by atoms with Crippen molar-refractivity contribution in [2.75, 3.05) is 5.32 Å². The van der Waals surface area contributed by atoms with E-state index in [2.05, 4.69) is 20.6 Å². The summed E-state index contributed by atoms with van der Waals surface area (Å²) >= 11 is 13.0. The van der Waals surface area contributed by atoms with Gasteiger partial charge in [-0.25, -0.2) is 0 Å². The molecule has 0 saturated heterocycles. The molecule has 1 amide bonds. The highest BCUT2D eigenvalue weighted by molar-refractivity contribution is 7.18. The van der Waals surface area contributed by atoms with Gasteiger partial charge in [0.2, 0.25) is 9.97 Å². The van der Waals surface area contributed by atoms with E-state index in [9.17, 15) is 4.79 Å². The van der Waals surface area contributed by atoms with Crippen molar-refractivity contribution in [3.8, 4) is 0 Å². The van der Waals surface area contributed by atoms with Crippen LogP contribution in [0.4, 0.5) is 5.69 Å². The Balaban J connectivity index is 1.60. The van der Waals surface area contributed by atoms with Crippen molar-refractivity contribution in [1.82, 2.24) is 19.8 Å². The average Bonchev–Trinajstić information content (AvgIpc) is 3.10. The predicted molar refractivity (Wildman–Crippen MR) is 85.0 cm³/mol. The number of hydrogen-bond acceptors (Lipinski definition) is 5. The maximum Gasteiger partial charge on any atom is 0.286 e. The van der Waals surface area contributed by atoms with Crippen molar-refractivity contribution in [3.63, 3.8) is 0 Å². The Hall–Kier alpha value is -1.70. The first-order valence-corrected chi connectivity index (χ1v) is 8.17. The van der Waals surface area contributed by atoms with Gasteiger partial charge in [-0.2, -0.15) is 4.52 Å². The summed E-state index contributed by atoms with van der Waals surface area (Å²) in [6.07, 6.45) is 2.20. The second-order valence-corrected chi connectivity index (χ2v) is 6.79. The maximum atomic E-state index is 12.3. The van der Waals surface area contributed by atoms with Gasteiger partial charge in [-0.3, -0.25) is 4.79 Å². The summed E-state index contributed by atoms with van der Waals surface area (Å²) in [5, 5.41) is 16.4. The van der Waals surface area contributed by atoms with Crippen LogP contribution in [0.15, 0.2) is 18.2 Å². The Morgan fingerprint density at radius 2 is 2.09 bits per heavy atom. The lowest BCUT2D eigenvalue weighted by Gasteiger charge is -2.03. The highest BCUT2D eigenvalue weighted by Gasteiger charge is 2.30. The number of anilines is 1. The van der Waals surface area contributed by atoms with Gasteiger partial charge in [-0.05, 0) is 31.0 Å². The summed E-state index contributed by atoms with van der Waals surface area (Å²) in [6, 6.07) is 4.91. The summed E-state index contributed by atoms with van der Waals surface area (Å²) in [4.78, 5) is 12.9. The standard InChI is InChI=1S/C13H9Cl2N5OS/c14-8-4-3-7(5-9(8)15)16-11(21)12-19-20-10(6-1-2-6)17-18-13(20)22-12/h3-6H,1-2H2,(H,16,21). The number of rotatable bonds is 3. The first-order chi connectivity index (χ1) is 10.6. The molecule has 0 spiro atoms. The maximum absolute atomic E-state index is 12.3. The summed E-state index contributed by atoms with van der Waals surface area (Å²) in [5.74, 6) is 0.943. The zero-order valence-electron chi connectivity index (χ0n) is 11.1. The van der Waals surface area contributed by atoms with Gasteiger partial charge in [0.1, 0.15) is 0 Å². The fourth-order valence-electron chi connectivity index (χ4n) is 2.08. The molecule has 9 heteroatoms. The Labute approximate surface area is 139 Å². The van der Waals surface area contributed by atoms with Crippen molar-refractivity contribution < 1.29 is 4.79 Å². The molecule has 3 aromatic rings. The van der Waals surface area contributed by atoms with Crippen molar-refractivity contribution in [3.05, 3.63) is 39.1 Å². The zero-order chi connectivity index (χ0) is 15.3. The van der Waals surface area contributed by atoms with Crippen LogP contribution in [0.5, 0.6) is 0 Å². The number of nitrogens with zero attached hydrogens (tertiary/aromatic N) is 4. The Morgan fingerprint density at radius 1 is 1.27 bits per heavy atom. The predicted octanol–water partition coefficient (Wildman–Crippen LogP) is 3.62. The topological polar surface area (TPSA) is 72.2 Å². The molecule has 1 aliphatic rings. The summed E-state index contributed by atoms with van der Waals surface area (Å²) < 4.78 is 1.66. The SMILES string of the molecule is O=C(Nc1ccc(Cl)c(Cl)c1)c1nn2c(C3CC3)nnc2s1. The number of carbonyl (C=O) groups is 1. The number of carbonyl (C=O) groups excluding carboxylic acids is 1. The molecule has 2 heterocycles. The molecule has 4 rings (SSSR count). The highest BCUT2D eigenvalue weighted by atomic mass is 35.5. The van der Waals surface area contributed by atoms with Gasteiger partial charge in [0, 0.05) is 11.6 Å². The van der Waals surface area contributed by atoms with E-state index in [1.54, 1.807) is 22.7 Å². The van der Waals surface area contributed by atoms with Gasteiger partial charge in [0.05, 0.1) is 10.0 Å². The van der Waals surface area contributed by atoms with E-state index in [-0.39, 0.29) is 5.91 Å². The van der Waals surface area contributed by atoms with Crippen molar-refractivity contribution >= 4 is 51.1 Å². The van der Waals surface area contributed by atoms with Crippen molar-refractivity contribution in [2.24, 2.45) is 0 Å². The molecular formula is C13H9Cl2N5OS. The van der Waals surface area contributed by atoms with Gasteiger partial charge < -0.3 is 5.32 Å². The second-order valence-electron chi connectivity index (χ2n) is 5.02. The molecule has 1 saturated carbocycles. The number of benzene rings is 1.